The van der Waals surface area contributed by atoms with Gasteiger partial charge >= 0.3 is 12.2 Å². The number of carbonyl (C=O) groups is 1. The third-order valence-electron chi connectivity index (χ3n) is 5.31. The van der Waals surface area contributed by atoms with Crippen molar-refractivity contribution in [3.05, 3.63) is 95.7 Å². The Morgan fingerprint density at radius 1 is 0.914 bits per heavy atom. The van der Waals surface area contributed by atoms with Gasteiger partial charge in [-0.05, 0) is 60.5 Å². The molecule has 0 saturated carbocycles. The molecule has 0 unspecified atom stereocenters. The van der Waals surface area contributed by atoms with Crippen LogP contribution >= 0.6 is 0 Å². The molecule has 1 heterocycles. The van der Waals surface area contributed by atoms with Crippen molar-refractivity contribution in [3.8, 4) is 0 Å². The van der Waals surface area contributed by atoms with E-state index < -0.39 is 27.6 Å². The van der Waals surface area contributed by atoms with E-state index in [1.807, 2.05) is 0 Å². The van der Waals surface area contributed by atoms with Crippen molar-refractivity contribution in [3.63, 3.8) is 0 Å². The highest BCUT2D eigenvalue weighted by atomic mass is 32.2. The van der Waals surface area contributed by atoms with Crippen LogP contribution in [-0.4, -0.2) is 19.4 Å². The number of pyridine rings is 1. The van der Waals surface area contributed by atoms with Gasteiger partial charge in [-0.2, -0.15) is 13.2 Å². The van der Waals surface area contributed by atoms with Crippen LogP contribution in [0.1, 0.15) is 16.7 Å². The second-order valence-corrected chi connectivity index (χ2v) is 9.84. The number of nitrogens with one attached hydrogen (secondary N) is 2. The Morgan fingerprint density at radius 3 is 2.37 bits per heavy atom. The van der Waals surface area contributed by atoms with Gasteiger partial charge in [0.25, 0.3) is 0 Å². The molecule has 0 bridgehead atoms. The lowest BCUT2D eigenvalue weighted by Crippen LogP contribution is -2.20. The molecule has 0 aliphatic heterocycles. The molecule has 35 heavy (non-hydrogen) atoms. The van der Waals surface area contributed by atoms with Crippen molar-refractivity contribution in [1.82, 2.24) is 4.98 Å². The minimum absolute atomic E-state index is 0.0373. The van der Waals surface area contributed by atoms with E-state index in [1.54, 1.807) is 49.5 Å². The average Bonchev–Trinajstić information content (AvgIpc) is 2.80. The van der Waals surface area contributed by atoms with Gasteiger partial charge in [0, 0.05) is 23.0 Å². The van der Waals surface area contributed by atoms with Crippen molar-refractivity contribution in [1.29, 1.82) is 0 Å². The van der Waals surface area contributed by atoms with Crippen molar-refractivity contribution < 1.29 is 26.4 Å². The lowest BCUT2D eigenvalue weighted by atomic mass is 10.1. The van der Waals surface area contributed by atoms with Crippen LogP contribution in [0.4, 0.5) is 29.3 Å². The highest BCUT2D eigenvalue weighted by molar-refractivity contribution is 7.90. The van der Waals surface area contributed by atoms with Gasteiger partial charge in [0.2, 0.25) is 0 Å². The molecule has 0 aliphatic carbocycles. The fraction of sp³-hybridized carbons (Fsp3) is 0.120. The molecule has 6 nitrogen and oxygen atoms in total. The Bertz CT molecular complexity index is 1510. The van der Waals surface area contributed by atoms with E-state index in [2.05, 4.69) is 15.6 Å². The predicted molar refractivity (Wildman–Crippen MR) is 128 cm³/mol. The number of aromatic nitrogens is 1. The summed E-state index contributed by atoms with van der Waals surface area (Å²) in [7, 11) is -3.80. The lowest BCUT2D eigenvalue weighted by Gasteiger charge is -2.13. The topological polar surface area (TPSA) is 88.2 Å². The Kier molecular flexibility index (Phi) is 6.49. The zero-order valence-corrected chi connectivity index (χ0v) is 19.2. The number of rotatable bonds is 5. The largest absolute Gasteiger partial charge is 0.416 e. The van der Waals surface area contributed by atoms with E-state index in [0.29, 0.717) is 16.6 Å². The molecule has 4 aromatic rings. The van der Waals surface area contributed by atoms with E-state index in [-0.39, 0.29) is 22.0 Å². The van der Waals surface area contributed by atoms with Crippen LogP contribution in [0.25, 0.3) is 10.9 Å². The predicted octanol–water partition coefficient (Wildman–Crippen LogP) is 6.18. The van der Waals surface area contributed by atoms with Gasteiger partial charge < -0.3 is 10.6 Å². The van der Waals surface area contributed by atoms with Gasteiger partial charge in [-0.25, -0.2) is 13.2 Å². The molecule has 1 aromatic heterocycles. The highest BCUT2D eigenvalue weighted by Crippen LogP contribution is 2.31. The van der Waals surface area contributed by atoms with Crippen LogP contribution in [0.3, 0.4) is 0 Å². The first-order valence-electron chi connectivity index (χ1n) is 10.4. The number of urea groups is 1. The highest BCUT2D eigenvalue weighted by Gasteiger charge is 2.30. The molecule has 180 valence electrons. The molecule has 3 aromatic carbocycles. The Hall–Kier alpha value is -3.92. The minimum atomic E-state index is -4.55. The first kappa shape index (κ1) is 24.2. The fourth-order valence-corrected chi connectivity index (χ4v) is 5.34. The second-order valence-electron chi connectivity index (χ2n) is 7.88. The van der Waals surface area contributed by atoms with Gasteiger partial charge in [0.05, 0.1) is 21.7 Å². The number of alkyl halides is 3. The normalized spacial score (nSPS) is 11.9. The number of halogens is 3. The Balaban J connectivity index is 1.55. The van der Waals surface area contributed by atoms with E-state index in [9.17, 15) is 26.4 Å². The lowest BCUT2D eigenvalue weighted by molar-refractivity contribution is -0.137. The van der Waals surface area contributed by atoms with E-state index in [0.717, 1.165) is 17.5 Å². The van der Waals surface area contributed by atoms with Crippen LogP contribution in [-0.2, 0) is 21.8 Å². The third-order valence-corrected chi connectivity index (χ3v) is 7.11. The monoisotopic (exact) mass is 499 g/mol. The Morgan fingerprint density at radius 2 is 1.63 bits per heavy atom. The summed E-state index contributed by atoms with van der Waals surface area (Å²) >= 11 is 0. The molecule has 2 N–H and O–H groups in total. The zero-order chi connectivity index (χ0) is 25.2. The van der Waals surface area contributed by atoms with E-state index in [1.165, 1.54) is 24.3 Å². The number of hydrogen-bond acceptors (Lipinski definition) is 4. The molecular formula is C25H20F3N3O3S. The SMILES string of the molecule is Cc1ccc(NC(=O)Nc2cccc(C(F)(F)F)c2)cc1S(=O)(=O)Cc1cccc2ncccc12. The number of aryl methyl sites for hydroxylation is 1. The molecular weight excluding hydrogens is 479 g/mol. The van der Waals surface area contributed by atoms with Crippen molar-refractivity contribution in [2.45, 2.75) is 23.7 Å². The smallest absolute Gasteiger partial charge is 0.308 e. The first-order chi connectivity index (χ1) is 16.5. The summed E-state index contributed by atoms with van der Waals surface area (Å²) in [4.78, 5) is 16.7. The molecule has 0 aliphatic rings. The third kappa shape index (κ3) is 5.60. The summed E-state index contributed by atoms with van der Waals surface area (Å²) in [6.07, 6.45) is -2.92. The quantitative estimate of drug-likeness (QED) is 0.343. The van der Waals surface area contributed by atoms with E-state index in [4.69, 9.17) is 0 Å². The second kappa shape index (κ2) is 9.38. The van der Waals surface area contributed by atoms with Gasteiger partial charge in [0.1, 0.15) is 0 Å². The summed E-state index contributed by atoms with van der Waals surface area (Å²) in [6.45, 7) is 1.64. The van der Waals surface area contributed by atoms with E-state index >= 15 is 0 Å². The van der Waals surface area contributed by atoms with Crippen LogP contribution in [0.15, 0.2) is 83.9 Å². The molecule has 0 atom stereocenters. The van der Waals surface area contributed by atoms with Gasteiger partial charge in [-0.3, -0.25) is 4.98 Å². The van der Waals surface area contributed by atoms with Crippen molar-refractivity contribution in [2.75, 3.05) is 10.6 Å². The number of benzene rings is 3. The fourth-order valence-electron chi connectivity index (χ4n) is 3.66. The summed E-state index contributed by atoms with van der Waals surface area (Å²) in [5, 5.41) is 5.53. The van der Waals surface area contributed by atoms with Gasteiger partial charge in [0.15, 0.2) is 9.84 Å². The molecule has 4 rings (SSSR count). The number of sulfone groups is 1. The molecule has 0 fully saturated rings. The summed E-state index contributed by atoms with van der Waals surface area (Å²) in [6, 6.07) is 16.6. The number of nitrogens with zero attached hydrogens (tertiary/aromatic N) is 1. The first-order valence-corrected chi connectivity index (χ1v) is 12.1. The Labute approximate surface area is 199 Å². The van der Waals surface area contributed by atoms with Gasteiger partial charge in [-0.15, -0.1) is 0 Å². The number of fused-ring (bicyclic) bond motifs is 1. The molecule has 0 saturated heterocycles. The number of anilines is 2. The zero-order valence-electron chi connectivity index (χ0n) is 18.4. The maximum absolute atomic E-state index is 13.3. The van der Waals surface area contributed by atoms with Crippen LogP contribution in [0.2, 0.25) is 0 Å². The number of carbonyl (C=O) groups excluding carboxylic acids is 1. The minimum Gasteiger partial charge on any atom is -0.308 e. The maximum atomic E-state index is 13.3. The van der Waals surface area contributed by atoms with Crippen molar-refractivity contribution >= 4 is 38.1 Å². The summed E-state index contributed by atoms with van der Waals surface area (Å²) in [5.74, 6) is -0.267. The summed E-state index contributed by atoms with van der Waals surface area (Å²) in [5.41, 5.74) is 0.990. The molecule has 2 amide bonds. The average molecular weight is 500 g/mol. The number of hydrogen-bond donors (Lipinski definition) is 2. The number of amides is 2. The maximum Gasteiger partial charge on any atom is 0.416 e. The molecule has 0 spiro atoms. The van der Waals surface area contributed by atoms with Crippen LogP contribution < -0.4 is 10.6 Å². The van der Waals surface area contributed by atoms with Crippen LogP contribution in [0.5, 0.6) is 0 Å². The molecule has 0 radical (unpaired) electrons. The van der Waals surface area contributed by atoms with Crippen molar-refractivity contribution in [2.24, 2.45) is 0 Å². The van der Waals surface area contributed by atoms with Crippen LogP contribution in [0, 0.1) is 6.92 Å². The standard InChI is InChI=1S/C25H20F3N3O3S/c1-16-10-11-20(31-24(32)30-19-7-3-6-18(13-19)25(26,27)28)14-23(16)35(33,34)15-17-5-2-9-22-21(17)8-4-12-29-22/h2-14H,15H2,1H3,(H2,30,31,32). The van der Waals surface area contributed by atoms with Gasteiger partial charge in [-0.1, -0.05) is 30.3 Å². The molecule has 10 heteroatoms. The summed E-state index contributed by atoms with van der Waals surface area (Å²) < 4.78 is 65.2.